The predicted octanol–water partition coefficient (Wildman–Crippen LogP) is 2.09. The molecule has 0 radical (unpaired) electrons. The number of hydrogen-bond acceptors (Lipinski definition) is 3. The van der Waals surface area contributed by atoms with Crippen LogP contribution < -0.4 is 4.74 Å². The van der Waals surface area contributed by atoms with Crippen LogP contribution in [0.4, 0.5) is 4.39 Å². The Morgan fingerprint density at radius 2 is 2.26 bits per heavy atom. The Balaban J connectivity index is 2.41. The van der Waals surface area contributed by atoms with Crippen molar-refractivity contribution in [3.05, 3.63) is 47.3 Å². The molecular weight excluding hydrogens is 251 g/mol. The number of hydrogen-bond donors (Lipinski definition) is 1. The first-order valence-electron chi connectivity index (χ1n) is 5.60. The summed E-state index contributed by atoms with van der Waals surface area (Å²) in [6.45, 7) is 1.80. The fourth-order valence-electron chi connectivity index (χ4n) is 1.93. The molecule has 0 saturated heterocycles. The summed E-state index contributed by atoms with van der Waals surface area (Å²) in [7, 11) is 1.48. The number of carboxylic acid groups (broad SMARTS) is 1. The predicted molar refractivity (Wildman–Crippen MR) is 66.0 cm³/mol. The molecule has 0 aliphatic heterocycles. The van der Waals surface area contributed by atoms with Gasteiger partial charge in [0.2, 0.25) is 0 Å². The number of imidazole rings is 1. The fourth-order valence-corrected chi connectivity index (χ4v) is 1.93. The molecule has 1 heterocycles. The molecule has 0 atom stereocenters. The Hall–Kier alpha value is -2.37. The first-order valence-corrected chi connectivity index (χ1v) is 5.60. The highest BCUT2D eigenvalue weighted by molar-refractivity contribution is 5.86. The molecule has 5 nitrogen and oxygen atoms in total. The SMILES string of the molecule is COc1ccc(F)cc1Cn1cnc(C)c1C(=O)O. The van der Waals surface area contributed by atoms with Crippen molar-refractivity contribution in [3.8, 4) is 5.75 Å². The number of aromatic carboxylic acids is 1. The molecule has 1 aromatic heterocycles. The summed E-state index contributed by atoms with van der Waals surface area (Å²) in [5.74, 6) is -0.959. The van der Waals surface area contributed by atoms with Crippen LogP contribution in [-0.2, 0) is 6.54 Å². The second-order valence-corrected chi connectivity index (χ2v) is 4.07. The van der Waals surface area contributed by atoms with E-state index in [0.29, 0.717) is 17.0 Å². The Bertz CT molecular complexity index is 622. The van der Waals surface area contributed by atoms with Crippen molar-refractivity contribution in [1.82, 2.24) is 9.55 Å². The first-order chi connectivity index (χ1) is 9.02. The molecular formula is C13H13FN2O3. The van der Waals surface area contributed by atoms with E-state index in [2.05, 4.69) is 4.98 Å². The van der Waals surface area contributed by atoms with Gasteiger partial charge < -0.3 is 14.4 Å². The van der Waals surface area contributed by atoms with Gasteiger partial charge >= 0.3 is 5.97 Å². The average Bonchev–Trinajstić information content (AvgIpc) is 2.71. The summed E-state index contributed by atoms with van der Waals surface area (Å²) in [5.41, 5.74) is 1.07. The molecule has 0 spiro atoms. The van der Waals surface area contributed by atoms with Crippen molar-refractivity contribution >= 4 is 5.97 Å². The highest BCUT2D eigenvalue weighted by Gasteiger charge is 2.16. The van der Waals surface area contributed by atoms with Crippen LogP contribution in [0.2, 0.25) is 0 Å². The molecule has 100 valence electrons. The maximum atomic E-state index is 13.3. The van der Waals surface area contributed by atoms with Crippen molar-refractivity contribution in [2.75, 3.05) is 7.11 Å². The van der Waals surface area contributed by atoms with Crippen molar-refractivity contribution in [1.29, 1.82) is 0 Å². The minimum atomic E-state index is -1.06. The van der Waals surface area contributed by atoms with Crippen LogP contribution in [0.15, 0.2) is 24.5 Å². The van der Waals surface area contributed by atoms with Crippen LogP contribution in [-0.4, -0.2) is 27.7 Å². The minimum Gasteiger partial charge on any atom is -0.496 e. The normalized spacial score (nSPS) is 10.5. The van der Waals surface area contributed by atoms with E-state index in [1.54, 1.807) is 6.92 Å². The molecule has 0 fully saturated rings. The maximum Gasteiger partial charge on any atom is 0.354 e. The van der Waals surface area contributed by atoms with Gasteiger partial charge in [0, 0.05) is 5.56 Å². The molecule has 0 aliphatic rings. The molecule has 1 aromatic carbocycles. The second-order valence-electron chi connectivity index (χ2n) is 4.07. The molecule has 0 saturated carbocycles. The molecule has 0 unspecified atom stereocenters. The number of aromatic nitrogens is 2. The number of rotatable bonds is 4. The zero-order chi connectivity index (χ0) is 14.0. The van der Waals surface area contributed by atoms with Gasteiger partial charge in [0.25, 0.3) is 0 Å². The summed E-state index contributed by atoms with van der Waals surface area (Å²) >= 11 is 0. The van der Waals surface area contributed by atoms with Crippen molar-refractivity contribution in [3.63, 3.8) is 0 Å². The lowest BCUT2D eigenvalue weighted by Crippen LogP contribution is -2.10. The number of carbonyl (C=O) groups is 1. The van der Waals surface area contributed by atoms with Crippen LogP contribution in [0.3, 0.4) is 0 Å². The number of halogens is 1. The summed E-state index contributed by atoms with van der Waals surface area (Å²) < 4.78 is 19.8. The van der Waals surface area contributed by atoms with Crippen molar-refractivity contribution in [2.24, 2.45) is 0 Å². The largest absolute Gasteiger partial charge is 0.496 e. The lowest BCUT2D eigenvalue weighted by atomic mass is 10.2. The van der Waals surface area contributed by atoms with Gasteiger partial charge in [-0.05, 0) is 25.1 Å². The van der Waals surface area contributed by atoms with E-state index in [0.717, 1.165) is 0 Å². The Morgan fingerprint density at radius 3 is 2.89 bits per heavy atom. The van der Waals surface area contributed by atoms with Crippen LogP contribution in [0, 0.1) is 12.7 Å². The monoisotopic (exact) mass is 264 g/mol. The third-order valence-electron chi connectivity index (χ3n) is 2.81. The van der Waals surface area contributed by atoms with E-state index in [4.69, 9.17) is 9.84 Å². The number of aryl methyl sites for hydroxylation is 1. The van der Waals surface area contributed by atoms with Gasteiger partial charge in [0.05, 0.1) is 25.7 Å². The average molecular weight is 264 g/mol. The molecule has 19 heavy (non-hydrogen) atoms. The number of nitrogens with zero attached hydrogens (tertiary/aromatic N) is 2. The molecule has 1 N–H and O–H groups in total. The van der Waals surface area contributed by atoms with Gasteiger partial charge in [0.1, 0.15) is 17.3 Å². The molecule has 6 heteroatoms. The quantitative estimate of drug-likeness (QED) is 0.918. The van der Waals surface area contributed by atoms with Crippen LogP contribution in [0.1, 0.15) is 21.7 Å². The van der Waals surface area contributed by atoms with Gasteiger partial charge in [-0.15, -0.1) is 0 Å². The van der Waals surface area contributed by atoms with Crippen molar-refractivity contribution < 1.29 is 19.0 Å². The summed E-state index contributed by atoms with van der Waals surface area (Å²) in [6.07, 6.45) is 1.42. The topological polar surface area (TPSA) is 64.4 Å². The number of carboxylic acids is 1. The summed E-state index contributed by atoms with van der Waals surface area (Å²) in [6, 6.07) is 4.12. The Morgan fingerprint density at radius 1 is 1.53 bits per heavy atom. The molecule has 0 bridgehead atoms. The molecule has 2 rings (SSSR count). The first kappa shape index (κ1) is 13.1. The molecule has 0 amide bonds. The van der Waals surface area contributed by atoms with Crippen LogP contribution in [0.25, 0.3) is 0 Å². The molecule has 0 aliphatic carbocycles. The highest BCUT2D eigenvalue weighted by atomic mass is 19.1. The van der Waals surface area contributed by atoms with Gasteiger partial charge in [-0.3, -0.25) is 0 Å². The zero-order valence-corrected chi connectivity index (χ0v) is 10.6. The Labute approximate surface area is 109 Å². The van der Waals surface area contributed by atoms with Gasteiger partial charge in [0.15, 0.2) is 0 Å². The summed E-state index contributed by atoms with van der Waals surface area (Å²) in [4.78, 5) is 15.1. The third-order valence-corrected chi connectivity index (χ3v) is 2.81. The Kier molecular flexibility index (Phi) is 3.50. The summed E-state index contributed by atoms with van der Waals surface area (Å²) in [5, 5.41) is 9.13. The lowest BCUT2D eigenvalue weighted by molar-refractivity contribution is 0.0684. The zero-order valence-electron chi connectivity index (χ0n) is 10.6. The van der Waals surface area contributed by atoms with Crippen LogP contribution in [0.5, 0.6) is 5.75 Å². The third kappa shape index (κ3) is 2.57. The number of ether oxygens (including phenoxy) is 1. The van der Waals surface area contributed by atoms with E-state index < -0.39 is 11.8 Å². The van der Waals surface area contributed by atoms with E-state index in [1.807, 2.05) is 0 Å². The smallest absolute Gasteiger partial charge is 0.354 e. The second kappa shape index (κ2) is 5.09. The fraction of sp³-hybridized carbons (Fsp3) is 0.231. The molecule has 2 aromatic rings. The lowest BCUT2D eigenvalue weighted by Gasteiger charge is -2.10. The minimum absolute atomic E-state index is 0.0892. The standard InChI is InChI=1S/C13H13FN2O3/c1-8-12(13(17)18)16(7-15-8)6-9-5-10(14)3-4-11(9)19-2/h3-5,7H,6H2,1-2H3,(H,17,18). The maximum absolute atomic E-state index is 13.3. The van der Waals surface area contributed by atoms with Gasteiger partial charge in [-0.2, -0.15) is 0 Å². The van der Waals surface area contributed by atoms with E-state index in [1.165, 1.54) is 36.2 Å². The van der Waals surface area contributed by atoms with Gasteiger partial charge in [-0.1, -0.05) is 0 Å². The highest BCUT2D eigenvalue weighted by Crippen LogP contribution is 2.21. The number of benzene rings is 1. The number of methoxy groups -OCH3 is 1. The van der Waals surface area contributed by atoms with Crippen LogP contribution >= 0.6 is 0 Å². The van der Waals surface area contributed by atoms with E-state index >= 15 is 0 Å². The van der Waals surface area contributed by atoms with E-state index in [-0.39, 0.29) is 12.2 Å². The van der Waals surface area contributed by atoms with E-state index in [9.17, 15) is 9.18 Å². The van der Waals surface area contributed by atoms with Crippen molar-refractivity contribution in [2.45, 2.75) is 13.5 Å². The van der Waals surface area contributed by atoms with Gasteiger partial charge in [-0.25, -0.2) is 14.2 Å².